The maximum atomic E-state index is 12.0. The number of nitrogen functional groups attached to an aromatic ring is 1. The van der Waals surface area contributed by atoms with Gasteiger partial charge in [0.25, 0.3) is 11.7 Å². The fourth-order valence-electron chi connectivity index (χ4n) is 2.49. The normalized spacial score (nSPS) is 12.4. The summed E-state index contributed by atoms with van der Waals surface area (Å²) in [5, 5.41) is 6.89. The Morgan fingerprint density at radius 1 is 1.23 bits per heavy atom. The number of rotatable bonds is 7. The zero-order chi connectivity index (χ0) is 19.4. The van der Waals surface area contributed by atoms with Crippen LogP contribution in [-0.2, 0) is 20.7 Å². The molecule has 0 saturated carbocycles. The van der Waals surface area contributed by atoms with E-state index in [0.29, 0.717) is 18.1 Å². The predicted molar refractivity (Wildman–Crippen MR) is 96.4 cm³/mol. The Bertz CT molecular complexity index is 814. The molecule has 0 aromatic carbocycles. The molecular weight excluding hydrogens is 336 g/mol. The number of carbonyl (C=O) groups is 2. The van der Waals surface area contributed by atoms with Crippen LogP contribution in [0.1, 0.15) is 44.1 Å². The van der Waals surface area contributed by atoms with Crippen molar-refractivity contribution >= 4 is 23.6 Å². The first-order chi connectivity index (χ1) is 12.2. The van der Waals surface area contributed by atoms with Crippen molar-refractivity contribution < 1.29 is 14.3 Å². The van der Waals surface area contributed by atoms with E-state index in [1.165, 1.54) is 0 Å². The van der Waals surface area contributed by atoms with Crippen LogP contribution < -0.4 is 11.1 Å². The molecule has 0 saturated heterocycles. The van der Waals surface area contributed by atoms with Crippen LogP contribution in [0.3, 0.4) is 0 Å². The Hall–Kier alpha value is -2.71. The van der Waals surface area contributed by atoms with Crippen molar-refractivity contribution in [1.82, 2.24) is 24.9 Å². The number of nitrogens with one attached hydrogen (secondary N) is 1. The number of fused-ring (bicyclic) bond motifs is 1. The number of amides is 1. The lowest BCUT2D eigenvalue weighted by atomic mass is 10.1. The zero-order valence-electron chi connectivity index (χ0n) is 15.9. The summed E-state index contributed by atoms with van der Waals surface area (Å²) >= 11 is 0. The molecule has 0 spiro atoms. The van der Waals surface area contributed by atoms with E-state index in [1.54, 1.807) is 4.52 Å². The van der Waals surface area contributed by atoms with Gasteiger partial charge in [0.05, 0.1) is 0 Å². The first-order valence-electron chi connectivity index (χ1n) is 8.62. The van der Waals surface area contributed by atoms with Crippen LogP contribution in [-0.4, -0.2) is 44.1 Å². The minimum Gasteiger partial charge on any atom is -0.456 e. The van der Waals surface area contributed by atoms with Crippen LogP contribution in [0.2, 0.25) is 0 Å². The molecule has 2 aromatic rings. The van der Waals surface area contributed by atoms with Crippen molar-refractivity contribution in [2.45, 2.75) is 53.5 Å². The van der Waals surface area contributed by atoms with E-state index in [0.717, 1.165) is 17.0 Å². The van der Waals surface area contributed by atoms with E-state index in [4.69, 9.17) is 10.5 Å². The van der Waals surface area contributed by atoms with Crippen LogP contribution in [0.4, 0.5) is 5.95 Å². The van der Waals surface area contributed by atoms with Crippen LogP contribution in [0, 0.1) is 19.8 Å². The molecule has 2 heterocycles. The number of hydrogen-bond acceptors (Lipinski definition) is 7. The minimum absolute atomic E-state index is 0.0272. The maximum absolute atomic E-state index is 12.0. The topological polar surface area (TPSA) is 124 Å². The smallest absolute Gasteiger partial charge is 0.306 e. The fourth-order valence-corrected chi connectivity index (χ4v) is 2.49. The Kier molecular flexibility index (Phi) is 6.12. The van der Waals surface area contributed by atoms with E-state index in [1.807, 2.05) is 34.6 Å². The maximum Gasteiger partial charge on any atom is 0.306 e. The second-order valence-corrected chi connectivity index (χ2v) is 6.70. The quantitative estimate of drug-likeness (QED) is 0.703. The number of ether oxygens (including phenoxy) is 1. The molecule has 9 nitrogen and oxygen atoms in total. The van der Waals surface area contributed by atoms with Gasteiger partial charge >= 0.3 is 5.97 Å². The Morgan fingerprint density at radius 3 is 2.58 bits per heavy atom. The molecule has 9 heteroatoms. The summed E-state index contributed by atoms with van der Waals surface area (Å²) in [6, 6.07) is 0.0272. The third kappa shape index (κ3) is 4.68. The van der Waals surface area contributed by atoms with E-state index in [-0.39, 0.29) is 30.9 Å². The summed E-state index contributed by atoms with van der Waals surface area (Å²) in [7, 11) is 0. The summed E-state index contributed by atoms with van der Waals surface area (Å²) in [5.41, 5.74) is 8.08. The highest BCUT2D eigenvalue weighted by molar-refractivity contribution is 5.80. The number of hydrogen-bond donors (Lipinski definition) is 2. The molecule has 2 aromatic heterocycles. The highest BCUT2D eigenvalue weighted by Crippen LogP contribution is 2.16. The molecule has 0 aliphatic rings. The van der Waals surface area contributed by atoms with E-state index >= 15 is 0 Å². The van der Waals surface area contributed by atoms with Crippen molar-refractivity contribution in [2.75, 3.05) is 12.3 Å². The summed E-state index contributed by atoms with van der Waals surface area (Å²) in [5.74, 6) is 0.161. The minimum atomic E-state index is -0.436. The number of anilines is 1. The number of nitrogens with two attached hydrogens (primary N) is 1. The average molecular weight is 362 g/mol. The number of carbonyl (C=O) groups excluding carboxylic acids is 2. The van der Waals surface area contributed by atoms with Gasteiger partial charge in [-0.25, -0.2) is 4.98 Å². The van der Waals surface area contributed by atoms with E-state index in [2.05, 4.69) is 20.4 Å². The van der Waals surface area contributed by atoms with Crippen LogP contribution in [0.15, 0.2) is 0 Å². The predicted octanol–water partition coefficient (Wildman–Crippen LogP) is 0.960. The summed E-state index contributed by atoms with van der Waals surface area (Å²) in [6.07, 6.45) is 0.579. The lowest BCUT2D eigenvalue weighted by Gasteiger charge is -2.17. The molecule has 0 radical (unpaired) electrons. The Morgan fingerprint density at radius 2 is 1.92 bits per heavy atom. The number of esters is 1. The van der Waals surface area contributed by atoms with Crippen molar-refractivity contribution in [3.63, 3.8) is 0 Å². The molecule has 1 atom stereocenters. The highest BCUT2D eigenvalue weighted by atomic mass is 16.5. The monoisotopic (exact) mass is 362 g/mol. The Labute approximate surface area is 152 Å². The summed E-state index contributed by atoms with van der Waals surface area (Å²) in [6.45, 7) is 9.38. The van der Waals surface area contributed by atoms with Crippen LogP contribution in [0.25, 0.3) is 5.78 Å². The summed E-state index contributed by atoms with van der Waals surface area (Å²) < 4.78 is 6.61. The van der Waals surface area contributed by atoms with E-state index < -0.39 is 5.97 Å². The molecule has 1 amide bonds. The van der Waals surface area contributed by atoms with Crippen LogP contribution >= 0.6 is 0 Å². The average Bonchev–Trinajstić information content (AvgIpc) is 2.93. The second-order valence-electron chi connectivity index (χ2n) is 6.70. The third-order valence-electron chi connectivity index (χ3n) is 4.40. The van der Waals surface area contributed by atoms with Gasteiger partial charge in [-0.2, -0.15) is 9.50 Å². The van der Waals surface area contributed by atoms with Gasteiger partial charge in [-0.15, -0.1) is 5.10 Å². The first-order valence-corrected chi connectivity index (χ1v) is 8.62. The fraction of sp³-hybridized carbons (Fsp3) is 0.588. The number of nitrogens with zero attached hydrogens (tertiary/aromatic N) is 4. The van der Waals surface area contributed by atoms with Gasteiger partial charge < -0.3 is 15.8 Å². The lowest BCUT2D eigenvalue weighted by molar-refractivity contribution is -0.148. The van der Waals surface area contributed by atoms with Crippen molar-refractivity contribution in [3.05, 3.63) is 17.0 Å². The van der Waals surface area contributed by atoms with Crippen molar-refractivity contribution in [1.29, 1.82) is 0 Å². The standard InChI is InChI=1S/C17H26N6O3/c1-9(2)10(3)19-14(24)8-26-15(25)7-6-13-11(4)20-17-21-16(18)22-23(17)12(13)5/h9-10H,6-8H2,1-5H3,(H2,18,22)(H,19,24)/t10-/m0/s1. The molecule has 26 heavy (non-hydrogen) atoms. The van der Waals surface area contributed by atoms with Gasteiger partial charge in [-0.05, 0) is 38.7 Å². The van der Waals surface area contributed by atoms with Gasteiger partial charge in [0.1, 0.15) is 0 Å². The second kappa shape index (κ2) is 8.11. The molecule has 0 bridgehead atoms. The molecule has 0 aliphatic heterocycles. The van der Waals surface area contributed by atoms with Gasteiger partial charge in [0.15, 0.2) is 6.61 Å². The Balaban J connectivity index is 1.91. The molecule has 0 aliphatic carbocycles. The van der Waals surface area contributed by atoms with Gasteiger partial charge in [-0.3, -0.25) is 9.59 Å². The number of aromatic nitrogens is 4. The van der Waals surface area contributed by atoms with Gasteiger partial charge in [0, 0.05) is 23.9 Å². The molecule has 3 N–H and O–H groups in total. The van der Waals surface area contributed by atoms with Crippen molar-refractivity contribution in [2.24, 2.45) is 5.92 Å². The molecule has 142 valence electrons. The molecule has 0 fully saturated rings. The van der Waals surface area contributed by atoms with Crippen molar-refractivity contribution in [3.8, 4) is 0 Å². The largest absolute Gasteiger partial charge is 0.456 e. The first kappa shape index (κ1) is 19.6. The van der Waals surface area contributed by atoms with Gasteiger partial charge in [0.2, 0.25) is 5.95 Å². The molecular formula is C17H26N6O3. The zero-order valence-corrected chi connectivity index (χ0v) is 15.9. The summed E-state index contributed by atoms with van der Waals surface area (Å²) in [4.78, 5) is 32.1. The van der Waals surface area contributed by atoms with Gasteiger partial charge in [-0.1, -0.05) is 13.8 Å². The van der Waals surface area contributed by atoms with E-state index in [9.17, 15) is 9.59 Å². The van der Waals surface area contributed by atoms with Crippen LogP contribution in [0.5, 0.6) is 0 Å². The molecule has 2 rings (SSSR count). The lowest BCUT2D eigenvalue weighted by Crippen LogP contribution is -2.38. The number of aryl methyl sites for hydroxylation is 2. The third-order valence-corrected chi connectivity index (χ3v) is 4.40. The SMILES string of the molecule is Cc1nc2nc(N)nn2c(C)c1CCC(=O)OCC(=O)N[C@@H](C)C(C)C. The molecule has 0 unspecified atom stereocenters. The highest BCUT2D eigenvalue weighted by Gasteiger charge is 2.16.